The number of benzene rings is 4. The average Bonchev–Trinajstić information content (AvgIpc) is 3.29. The number of carbonyl (C=O) groups excluding carboxylic acids is 1. The third-order valence-electron chi connectivity index (χ3n) is 8.09. The summed E-state index contributed by atoms with van der Waals surface area (Å²) >= 11 is 0. The standard InChI is InChI=1S/C34H29NO3/c36-34(38-22-33-31-15-6-4-13-29(31)30-14-5-7-16-32(30)33)35-27-18-26(19-28(35)21-37-20-27)25-12-8-11-24(17-25)23-9-2-1-3-10-23/h1-18,27-28,33H,19-22H2. The summed E-state index contributed by atoms with van der Waals surface area (Å²) in [5, 5.41) is 0. The van der Waals surface area contributed by atoms with Gasteiger partial charge in [0.05, 0.1) is 25.3 Å². The third-order valence-corrected chi connectivity index (χ3v) is 8.09. The van der Waals surface area contributed by atoms with Crippen molar-refractivity contribution in [2.24, 2.45) is 0 Å². The van der Waals surface area contributed by atoms with Gasteiger partial charge >= 0.3 is 6.09 Å². The highest BCUT2D eigenvalue weighted by atomic mass is 16.6. The zero-order valence-electron chi connectivity index (χ0n) is 21.1. The number of rotatable bonds is 4. The molecule has 1 fully saturated rings. The minimum Gasteiger partial charge on any atom is -0.448 e. The van der Waals surface area contributed by atoms with Gasteiger partial charge in [-0.05, 0) is 57.0 Å². The molecule has 4 aromatic rings. The van der Waals surface area contributed by atoms with Crippen LogP contribution < -0.4 is 0 Å². The average molecular weight is 500 g/mol. The van der Waals surface area contributed by atoms with E-state index in [2.05, 4.69) is 103 Å². The number of hydrogen-bond acceptors (Lipinski definition) is 3. The second kappa shape index (κ2) is 9.62. The molecular formula is C34H29NO3. The van der Waals surface area contributed by atoms with Crippen LogP contribution in [0.25, 0.3) is 27.8 Å². The van der Waals surface area contributed by atoms with E-state index in [0.29, 0.717) is 19.8 Å². The lowest BCUT2D eigenvalue weighted by Gasteiger charge is -2.44. The molecule has 0 aromatic heterocycles. The van der Waals surface area contributed by atoms with E-state index in [1.54, 1.807) is 0 Å². The van der Waals surface area contributed by atoms with Crippen molar-refractivity contribution in [3.05, 3.63) is 126 Å². The van der Waals surface area contributed by atoms with Gasteiger partial charge in [0, 0.05) is 5.92 Å². The Kier molecular flexibility index (Phi) is 5.82. The molecule has 3 aliphatic rings. The minimum absolute atomic E-state index is 0.0372. The van der Waals surface area contributed by atoms with Crippen molar-refractivity contribution in [3.8, 4) is 22.3 Å². The lowest BCUT2D eigenvalue weighted by molar-refractivity contribution is -0.0331. The van der Waals surface area contributed by atoms with Crippen molar-refractivity contribution in [1.29, 1.82) is 0 Å². The van der Waals surface area contributed by atoms with Crippen LogP contribution in [-0.2, 0) is 9.47 Å². The molecule has 0 saturated carbocycles. The summed E-state index contributed by atoms with van der Waals surface area (Å²) in [6.45, 7) is 1.35. The monoisotopic (exact) mass is 499 g/mol. The van der Waals surface area contributed by atoms with Gasteiger partial charge in [0.1, 0.15) is 6.61 Å². The normalized spacial score (nSPS) is 19.9. The summed E-state index contributed by atoms with van der Waals surface area (Å²) in [4.78, 5) is 15.4. The van der Waals surface area contributed by atoms with Gasteiger partial charge in [-0.3, -0.25) is 4.90 Å². The summed E-state index contributed by atoms with van der Waals surface area (Å²) in [6.07, 6.45) is 2.69. The molecule has 38 heavy (non-hydrogen) atoms. The maximum atomic E-state index is 13.5. The first-order valence-corrected chi connectivity index (χ1v) is 13.3. The van der Waals surface area contributed by atoms with Crippen molar-refractivity contribution >= 4 is 11.7 Å². The predicted molar refractivity (Wildman–Crippen MR) is 150 cm³/mol. The lowest BCUT2D eigenvalue weighted by atomic mass is 9.89. The molecular weight excluding hydrogens is 470 g/mol. The Morgan fingerprint density at radius 3 is 2.16 bits per heavy atom. The molecule has 2 unspecified atom stereocenters. The zero-order valence-corrected chi connectivity index (χ0v) is 21.1. The fourth-order valence-corrected chi connectivity index (χ4v) is 6.29. The molecule has 1 amide bonds. The number of fused-ring (bicyclic) bond motifs is 5. The van der Waals surface area contributed by atoms with Gasteiger partial charge in [-0.25, -0.2) is 4.79 Å². The number of carbonyl (C=O) groups is 1. The van der Waals surface area contributed by atoms with E-state index in [1.807, 2.05) is 11.0 Å². The molecule has 1 aliphatic carbocycles. The Labute approximate surface area is 223 Å². The van der Waals surface area contributed by atoms with E-state index in [-0.39, 0.29) is 24.1 Å². The Morgan fingerprint density at radius 2 is 1.42 bits per heavy atom. The molecule has 4 heteroatoms. The molecule has 4 nitrogen and oxygen atoms in total. The highest BCUT2D eigenvalue weighted by Gasteiger charge is 2.40. The number of morpholine rings is 1. The summed E-state index contributed by atoms with van der Waals surface area (Å²) < 4.78 is 11.9. The van der Waals surface area contributed by atoms with Crippen LogP contribution >= 0.6 is 0 Å². The SMILES string of the molecule is O=C(OCC1c2ccccc2-c2ccccc21)N1C2C=C(c3cccc(-c4ccccc4)c3)CC1COC2. The van der Waals surface area contributed by atoms with E-state index < -0.39 is 0 Å². The summed E-state index contributed by atoms with van der Waals surface area (Å²) in [6, 6.07) is 35.8. The van der Waals surface area contributed by atoms with Crippen LogP contribution in [0.15, 0.2) is 109 Å². The van der Waals surface area contributed by atoms with Gasteiger partial charge in [-0.15, -0.1) is 0 Å². The predicted octanol–water partition coefficient (Wildman–Crippen LogP) is 7.16. The molecule has 2 bridgehead atoms. The molecule has 2 heterocycles. The molecule has 188 valence electrons. The minimum atomic E-state index is -0.251. The fourth-order valence-electron chi connectivity index (χ4n) is 6.29. The van der Waals surface area contributed by atoms with Gasteiger partial charge in [0.25, 0.3) is 0 Å². The van der Waals surface area contributed by atoms with E-state index in [0.717, 1.165) is 6.42 Å². The maximum Gasteiger partial charge on any atom is 0.410 e. The van der Waals surface area contributed by atoms with Crippen LogP contribution in [0.3, 0.4) is 0 Å². The molecule has 0 N–H and O–H groups in total. The van der Waals surface area contributed by atoms with Crippen molar-refractivity contribution in [2.75, 3.05) is 19.8 Å². The van der Waals surface area contributed by atoms with E-state index in [4.69, 9.17) is 9.47 Å². The van der Waals surface area contributed by atoms with Gasteiger partial charge in [0.15, 0.2) is 0 Å². The Hall–Kier alpha value is -4.15. The Bertz CT molecular complexity index is 1480. The van der Waals surface area contributed by atoms with E-state index in [1.165, 1.54) is 44.5 Å². The first-order chi connectivity index (χ1) is 18.8. The number of hydrogen-bond donors (Lipinski definition) is 0. The van der Waals surface area contributed by atoms with Crippen LogP contribution in [0.5, 0.6) is 0 Å². The van der Waals surface area contributed by atoms with E-state index >= 15 is 0 Å². The first-order valence-electron chi connectivity index (χ1n) is 13.3. The highest BCUT2D eigenvalue weighted by Crippen LogP contribution is 2.44. The molecule has 0 radical (unpaired) electrons. The van der Waals surface area contributed by atoms with Crippen molar-refractivity contribution in [2.45, 2.75) is 24.4 Å². The fraction of sp³-hybridized carbons (Fsp3) is 0.206. The van der Waals surface area contributed by atoms with Gasteiger partial charge in [0.2, 0.25) is 0 Å². The molecule has 1 saturated heterocycles. The van der Waals surface area contributed by atoms with Crippen molar-refractivity contribution in [1.82, 2.24) is 4.90 Å². The van der Waals surface area contributed by atoms with Crippen molar-refractivity contribution in [3.63, 3.8) is 0 Å². The first kappa shape index (κ1) is 23.0. The summed E-state index contributed by atoms with van der Waals surface area (Å²) in [5.74, 6) is 0.0547. The van der Waals surface area contributed by atoms with Gasteiger partial charge < -0.3 is 9.47 Å². The summed E-state index contributed by atoms with van der Waals surface area (Å²) in [5.41, 5.74) is 9.79. The van der Waals surface area contributed by atoms with Crippen LogP contribution in [-0.4, -0.2) is 42.9 Å². The van der Waals surface area contributed by atoms with Crippen LogP contribution in [0, 0.1) is 0 Å². The molecule has 0 spiro atoms. The van der Waals surface area contributed by atoms with Crippen molar-refractivity contribution < 1.29 is 14.3 Å². The highest BCUT2D eigenvalue weighted by molar-refractivity contribution is 5.80. The van der Waals surface area contributed by atoms with Crippen LogP contribution in [0.2, 0.25) is 0 Å². The maximum absolute atomic E-state index is 13.5. The quantitative estimate of drug-likeness (QED) is 0.299. The summed E-state index contributed by atoms with van der Waals surface area (Å²) in [7, 11) is 0. The largest absolute Gasteiger partial charge is 0.448 e. The van der Waals surface area contributed by atoms with Gasteiger partial charge in [-0.1, -0.05) is 103 Å². The Morgan fingerprint density at radius 1 is 0.763 bits per heavy atom. The number of ether oxygens (including phenoxy) is 2. The topological polar surface area (TPSA) is 38.8 Å². The number of nitrogens with zero attached hydrogens (tertiary/aromatic N) is 1. The molecule has 2 atom stereocenters. The lowest BCUT2D eigenvalue weighted by Crippen LogP contribution is -2.56. The smallest absolute Gasteiger partial charge is 0.410 e. The number of amides is 1. The zero-order chi connectivity index (χ0) is 25.5. The Balaban J connectivity index is 1.11. The second-order valence-corrected chi connectivity index (χ2v) is 10.3. The van der Waals surface area contributed by atoms with Crippen LogP contribution in [0.4, 0.5) is 4.79 Å². The third kappa shape index (κ3) is 4.02. The van der Waals surface area contributed by atoms with Crippen LogP contribution in [0.1, 0.15) is 29.0 Å². The molecule has 4 aromatic carbocycles. The molecule has 2 aliphatic heterocycles. The van der Waals surface area contributed by atoms with Gasteiger partial charge in [-0.2, -0.15) is 0 Å². The van der Waals surface area contributed by atoms with E-state index in [9.17, 15) is 4.79 Å². The molecule has 7 rings (SSSR count). The second-order valence-electron chi connectivity index (χ2n) is 10.3.